The number of imidazole rings is 1. The summed E-state index contributed by atoms with van der Waals surface area (Å²) in [5.74, 6) is 1.62. The molecule has 3 rings (SSSR count). The third-order valence-corrected chi connectivity index (χ3v) is 4.26. The van der Waals surface area contributed by atoms with Gasteiger partial charge < -0.3 is 15.0 Å². The molecular weight excluding hydrogens is 314 g/mol. The lowest BCUT2D eigenvalue weighted by Gasteiger charge is -2.18. The molecule has 1 heterocycles. The number of fused-ring (bicyclic) bond motifs is 1. The van der Waals surface area contributed by atoms with Crippen molar-refractivity contribution >= 4 is 16.9 Å². The lowest BCUT2D eigenvalue weighted by molar-refractivity contribution is -0.121. The predicted molar refractivity (Wildman–Crippen MR) is 98.7 cm³/mol. The van der Waals surface area contributed by atoms with E-state index in [0.717, 1.165) is 33.7 Å². The number of methoxy groups -OCH3 is 1. The van der Waals surface area contributed by atoms with Crippen molar-refractivity contribution in [3.8, 4) is 5.75 Å². The number of aryl methyl sites for hydroxylation is 2. The number of hydrogen-bond acceptors (Lipinski definition) is 3. The number of carbonyl (C=O) groups is 1. The van der Waals surface area contributed by atoms with E-state index in [9.17, 15) is 4.79 Å². The molecule has 0 spiro atoms. The second-order valence-corrected chi connectivity index (χ2v) is 6.24. The van der Waals surface area contributed by atoms with Gasteiger partial charge in [0.2, 0.25) is 5.91 Å². The van der Waals surface area contributed by atoms with Crippen LogP contribution in [0.3, 0.4) is 0 Å². The Morgan fingerprint density at radius 3 is 2.84 bits per heavy atom. The van der Waals surface area contributed by atoms with E-state index in [1.807, 2.05) is 56.3 Å². The minimum absolute atomic E-state index is 0.00323. The minimum atomic E-state index is -0.113. The van der Waals surface area contributed by atoms with Gasteiger partial charge in [-0.05, 0) is 32.0 Å². The summed E-state index contributed by atoms with van der Waals surface area (Å²) in [4.78, 5) is 20.1. The van der Waals surface area contributed by atoms with Crippen LogP contribution in [0.25, 0.3) is 11.0 Å². The molecule has 0 unspecified atom stereocenters. The van der Waals surface area contributed by atoms with Gasteiger partial charge in [-0.3, -0.25) is 4.79 Å². The standard InChI is InChI=1S/C20H23N3O2/c1-13-8-9-18(25-3)15(12-13)14(2)21-20(24)11-10-19-22-16-6-4-5-7-17(16)23-19/h4-9,12,14H,10-11H2,1-3H3,(H,21,24)(H,22,23)/t14-/m0/s1. The SMILES string of the molecule is COc1ccc(C)cc1[C@H](C)NC(=O)CCc1nc2ccccc2[nH]1. The highest BCUT2D eigenvalue weighted by Gasteiger charge is 2.15. The summed E-state index contributed by atoms with van der Waals surface area (Å²) in [5, 5.41) is 3.04. The van der Waals surface area contributed by atoms with Crippen LogP contribution >= 0.6 is 0 Å². The highest BCUT2D eigenvalue weighted by molar-refractivity contribution is 5.77. The average molecular weight is 337 g/mol. The number of amides is 1. The van der Waals surface area contributed by atoms with Crippen molar-refractivity contribution in [2.24, 2.45) is 0 Å². The van der Waals surface area contributed by atoms with Crippen LogP contribution in [0.4, 0.5) is 0 Å². The van der Waals surface area contributed by atoms with Crippen LogP contribution in [0.1, 0.15) is 36.3 Å². The predicted octanol–water partition coefficient (Wildman–Crippen LogP) is 3.69. The summed E-state index contributed by atoms with van der Waals surface area (Å²) in [6, 6.07) is 13.7. The van der Waals surface area contributed by atoms with Crippen LogP contribution < -0.4 is 10.1 Å². The first-order chi connectivity index (χ1) is 12.1. The quantitative estimate of drug-likeness (QED) is 0.721. The number of H-pyrrole nitrogens is 1. The van der Waals surface area contributed by atoms with Crippen molar-refractivity contribution in [1.29, 1.82) is 0 Å². The highest BCUT2D eigenvalue weighted by Crippen LogP contribution is 2.26. The molecule has 1 atom stereocenters. The van der Waals surface area contributed by atoms with E-state index in [0.29, 0.717) is 12.8 Å². The zero-order valence-corrected chi connectivity index (χ0v) is 14.8. The largest absolute Gasteiger partial charge is 0.496 e. The van der Waals surface area contributed by atoms with Gasteiger partial charge in [0.05, 0.1) is 24.2 Å². The zero-order chi connectivity index (χ0) is 17.8. The van der Waals surface area contributed by atoms with Gasteiger partial charge in [0, 0.05) is 18.4 Å². The van der Waals surface area contributed by atoms with Crippen LogP contribution in [0.2, 0.25) is 0 Å². The number of aromatic amines is 1. The maximum absolute atomic E-state index is 12.3. The summed E-state index contributed by atoms with van der Waals surface area (Å²) >= 11 is 0. The van der Waals surface area contributed by atoms with Gasteiger partial charge >= 0.3 is 0 Å². The summed E-state index contributed by atoms with van der Waals surface area (Å²) in [5.41, 5.74) is 4.05. The fourth-order valence-corrected chi connectivity index (χ4v) is 2.94. The molecule has 25 heavy (non-hydrogen) atoms. The van der Waals surface area contributed by atoms with Crippen molar-refractivity contribution in [2.75, 3.05) is 7.11 Å². The molecule has 0 aliphatic carbocycles. The molecule has 130 valence electrons. The lowest BCUT2D eigenvalue weighted by Crippen LogP contribution is -2.27. The number of nitrogens with one attached hydrogen (secondary N) is 2. The van der Waals surface area contributed by atoms with E-state index in [1.165, 1.54) is 0 Å². The van der Waals surface area contributed by atoms with Gasteiger partial charge in [0.25, 0.3) is 0 Å². The Morgan fingerprint density at radius 1 is 1.28 bits per heavy atom. The molecule has 1 amide bonds. The maximum atomic E-state index is 12.3. The van der Waals surface area contributed by atoms with Crippen molar-refractivity contribution < 1.29 is 9.53 Å². The van der Waals surface area contributed by atoms with Gasteiger partial charge in [0.15, 0.2) is 0 Å². The minimum Gasteiger partial charge on any atom is -0.496 e. The maximum Gasteiger partial charge on any atom is 0.220 e. The van der Waals surface area contributed by atoms with E-state index < -0.39 is 0 Å². The van der Waals surface area contributed by atoms with Crippen LogP contribution in [0.15, 0.2) is 42.5 Å². The molecule has 5 heteroatoms. The Bertz CT molecular complexity index is 853. The van der Waals surface area contributed by atoms with Crippen LogP contribution in [-0.4, -0.2) is 23.0 Å². The molecule has 0 fully saturated rings. The molecule has 0 bridgehead atoms. The summed E-state index contributed by atoms with van der Waals surface area (Å²) < 4.78 is 5.40. The number of benzene rings is 2. The number of para-hydroxylation sites is 2. The fourth-order valence-electron chi connectivity index (χ4n) is 2.94. The van der Waals surface area contributed by atoms with Gasteiger partial charge in [-0.15, -0.1) is 0 Å². The molecule has 5 nitrogen and oxygen atoms in total. The number of hydrogen-bond donors (Lipinski definition) is 2. The van der Waals surface area contributed by atoms with Crippen LogP contribution in [0.5, 0.6) is 5.75 Å². The van der Waals surface area contributed by atoms with E-state index in [1.54, 1.807) is 7.11 Å². The second kappa shape index (κ2) is 7.38. The Balaban J connectivity index is 1.61. The molecule has 0 saturated heterocycles. The van der Waals surface area contributed by atoms with Crippen molar-refractivity contribution in [2.45, 2.75) is 32.7 Å². The molecule has 0 radical (unpaired) electrons. The molecule has 2 aromatic carbocycles. The molecule has 0 aliphatic rings. The molecule has 2 N–H and O–H groups in total. The Kier molecular flexibility index (Phi) is 5.03. The number of carbonyl (C=O) groups excluding carboxylic acids is 1. The third-order valence-electron chi connectivity index (χ3n) is 4.26. The number of nitrogens with zero attached hydrogens (tertiary/aromatic N) is 1. The Morgan fingerprint density at radius 2 is 2.08 bits per heavy atom. The van der Waals surface area contributed by atoms with Crippen LogP contribution in [-0.2, 0) is 11.2 Å². The normalized spacial score (nSPS) is 12.1. The summed E-state index contributed by atoms with van der Waals surface area (Å²) in [6.45, 7) is 4.00. The topological polar surface area (TPSA) is 67.0 Å². The average Bonchev–Trinajstić information content (AvgIpc) is 3.03. The van der Waals surface area contributed by atoms with Crippen LogP contribution in [0, 0.1) is 6.92 Å². The highest BCUT2D eigenvalue weighted by atomic mass is 16.5. The smallest absolute Gasteiger partial charge is 0.220 e. The molecule has 1 aromatic heterocycles. The number of rotatable bonds is 6. The Hall–Kier alpha value is -2.82. The zero-order valence-electron chi connectivity index (χ0n) is 14.8. The van der Waals surface area contributed by atoms with Gasteiger partial charge in [-0.2, -0.15) is 0 Å². The first-order valence-corrected chi connectivity index (χ1v) is 8.44. The molecule has 3 aromatic rings. The molecule has 0 aliphatic heterocycles. The third kappa shape index (κ3) is 3.99. The van der Waals surface area contributed by atoms with E-state index in [-0.39, 0.29) is 11.9 Å². The molecular formula is C20H23N3O2. The summed E-state index contributed by atoms with van der Waals surface area (Å²) in [7, 11) is 1.64. The Labute approximate surface area is 147 Å². The van der Waals surface area contributed by atoms with Crippen molar-refractivity contribution in [3.63, 3.8) is 0 Å². The lowest BCUT2D eigenvalue weighted by atomic mass is 10.0. The summed E-state index contributed by atoms with van der Waals surface area (Å²) in [6.07, 6.45) is 0.969. The fraction of sp³-hybridized carbons (Fsp3) is 0.300. The number of ether oxygens (including phenoxy) is 1. The first-order valence-electron chi connectivity index (χ1n) is 8.44. The van der Waals surface area contributed by atoms with Gasteiger partial charge in [-0.1, -0.05) is 29.8 Å². The van der Waals surface area contributed by atoms with E-state index in [4.69, 9.17) is 4.74 Å². The van der Waals surface area contributed by atoms with E-state index >= 15 is 0 Å². The monoisotopic (exact) mass is 337 g/mol. The van der Waals surface area contributed by atoms with E-state index in [2.05, 4.69) is 15.3 Å². The molecule has 0 saturated carbocycles. The number of aromatic nitrogens is 2. The first kappa shape index (κ1) is 17.0. The van der Waals surface area contributed by atoms with Gasteiger partial charge in [-0.25, -0.2) is 4.98 Å². The van der Waals surface area contributed by atoms with Crippen molar-refractivity contribution in [3.05, 3.63) is 59.4 Å². The van der Waals surface area contributed by atoms with Gasteiger partial charge in [0.1, 0.15) is 11.6 Å². The van der Waals surface area contributed by atoms with Crippen molar-refractivity contribution in [1.82, 2.24) is 15.3 Å². The second-order valence-electron chi connectivity index (χ2n) is 6.24.